The number of carbonyl (C=O) groups is 1. The van der Waals surface area contributed by atoms with Gasteiger partial charge in [-0.05, 0) is 37.0 Å². The van der Waals surface area contributed by atoms with E-state index in [9.17, 15) is 9.18 Å². The van der Waals surface area contributed by atoms with Gasteiger partial charge in [0.15, 0.2) is 0 Å². The summed E-state index contributed by atoms with van der Waals surface area (Å²) >= 11 is 0. The molecule has 2 aliphatic rings. The number of hydrogen-bond acceptors (Lipinski definition) is 2. The van der Waals surface area contributed by atoms with Gasteiger partial charge in [-0.1, -0.05) is 6.07 Å². The van der Waals surface area contributed by atoms with Gasteiger partial charge in [-0.25, -0.2) is 4.39 Å². The Morgan fingerprint density at radius 2 is 2.28 bits per heavy atom. The quantitative estimate of drug-likeness (QED) is 0.818. The Bertz CT molecular complexity index is 489. The lowest BCUT2D eigenvalue weighted by molar-refractivity contribution is 0.0736. The maximum absolute atomic E-state index is 13.5. The lowest BCUT2D eigenvalue weighted by atomic mass is 10.0. The van der Waals surface area contributed by atoms with Crippen LogP contribution in [0.4, 0.5) is 4.39 Å². The topological polar surface area (TPSA) is 32.3 Å². The van der Waals surface area contributed by atoms with Gasteiger partial charge in [-0.2, -0.15) is 0 Å². The van der Waals surface area contributed by atoms with Crippen LogP contribution in [0.5, 0.6) is 0 Å². The molecule has 4 heteroatoms. The first-order chi connectivity index (χ1) is 8.66. The zero-order chi connectivity index (χ0) is 12.7. The lowest BCUT2D eigenvalue weighted by Crippen LogP contribution is -2.39. The van der Waals surface area contributed by atoms with Crippen molar-refractivity contribution in [2.75, 3.05) is 19.6 Å². The average molecular weight is 248 g/mol. The molecule has 0 unspecified atom stereocenters. The maximum atomic E-state index is 13.5. The number of rotatable bonds is 1. The first kappa shape index (κ1) is 11.7. The minimum absolute atomic E-state index is 0.0369. The maximum Gasteiger partial charge on any atom is 0.254 e. The summed E-state index contributed by atoms with van der Waals surface area (Å²) in [7, 11) is 0. The molecule has 2 fully saturated rings. The fraction of sp³-hybridized carbons (Fsp3) is 0.500. The normalized spacial score (nSPS) is 26.4. The van der Waals surface area contributed by atoms with E-state index in [0.717, 1.165) is 26.1 Å². The standard InChI is InChI=1S/C14H17FN2O/c1-9-2-3-10(6-12(9)15)14(18)17-5-4-11-7-16-8-13(11)17/h2-3,6,11,13,16H,4-5,7-8H2,1H3/t11-,13+/m1/s1. The molecule has 0 radical (unpaired) electrons. The van der Waals surface area contributed by atoms with E-state index in [0.29, 0.717) is 23.1 Å². The summed E-state index contributed by atoms with van der Waals surface area (Å²) in [6, 6.07) is 5.04. The molecule has 0 bridgehead atoms. The Hall–Kier alpha value is -1.42. The van der Waals surface area contributed by atoms with Crippen molar-refractivity contribution in [3.05, 3.63) is 35.1 Å². The molecule has 0 spiro atoms. The van der Waals surface area contributed by atoms with E-state index in [4.69, 9.17) is 0 Å². The Kier molecular flexibility index (Phi) is 2.82. The molecule has 2 heterocycles. The van der Waals surface area contributed by atoms with Crippen LogP contribution in [0.2, 0.25) is 0 Å². The third kappa shape index (κ3) is 1.81. The molecule has 0 saturated carbocycles. The third-order valence-electron chi connectivity index (χ3n) is 4.12. The first-order valence-electron chi connectivity index (χ1n) is 6.44. The molecule has 0 aromatic heterocycles. The summed E-state index contributed by atoms with van der Waals surface area (Å²) in [5.74, 6) is 0.232. The van der Waals surface area contributed by atoms with Crippen molar-refractivity contribution in [2.45, 2.75) is 19.4 Å². The van der Waals surface area contributed by atoms with Crippen LogP contribution in [0.25, 0.3) is 0 Å². The van der Waals surface area contributed by atoms with Crippen molar-refractivity contribution in [3.8, 4) is 0 Å². The molecular formula is C14H17FN2O. The van der Waals surface area contributed by atoms with Crippen LogP contribution in [-0.4, -0.2) is 36.5 Å². The Morgan fingerprint density at radius 3 is 3.06 bits per heavy atom. The van der Waals surface area contributed by atoms with Gasteiger partial charge in [0.2, 0.25) is 0 Å². The second kappa shape index (κ2) is 4.35. The molecule has 1 aromatic rings. The van der Waals surface area contributed by atoms with Gasteiger partial charge in [-0.3, -0.25) is 4.79 Å². The number of amides is 1. The third-order valence-corrected chi connectivity index (χ3v) is 4.12. The van der Waals surface area contributed by atoms with E-state index in [1.165, 1.54) is 6.07 Å². The number of benzene rings is 1. The van der Waals surface area contributed by atoms with Crippen molar-refractivity contribution < 1.29 is 9.18 Å². The highest BCUT2D eigenvalue weighted by atomic mass is 19.1. The molecule has 2 saturated heterocycles. The first-order valence-corrected chi connectivity index (χ1v) is 6.44. The zero-order valence-corrected chi connectivity index (χ0v) is 10.4. The second-order valence-corrected chi connectivity index (χ2v) is 5.24. The molecule has 0 aliphatic carbocycles. The molecular weight excluding hydrogens is 231 g/mol. The summed E-state index contributed by atoms with van der Waals surface area (Å²) < 4.78 is 13.5. The van der Waals surface area contributed by atoms with E-state index in [-0.39, 0.29) is 11.7 Å². The average Bonchev–Trinajstić information content (AvgIpc) is 2.93. The minimum Gasteiger partial charge on any atom is -0.334 e. The molecule has 3 nitrogen and oxygen atoms in total. The number of likely N-dealkylation sites (tertiary alicyclic amines) is 1. The number of halogens is 1. The predicted octanol–water partition coefficient (Wildman–Crippen LogP) is 1.57. The van der Waals surface area contributed by atoms with Crippen molar-refractivity contribution in [1.82, 2.24) is 10.2 Å². The van der Waals surface area contributed by atoms with Gasteiger partial charge in [0.05, 0.1) is 0 Å². The van der Waals surface area contributed by atoms with E-state index in [2.05, 4.69) is 5.32 Å². The highest BCUT2D eigenvalue weighted by Crippen LogP contribution is 2.28. The zero-order valence-electron chi connectivity index (χ0n) is 10.4. The molecule has 1 aromatic carbocycles. The van der Waals surface area contributed by atoms with Gasteiger partial charge in [0.25, 0.3) is 5.91 Å². The smallest absolute Gasteiger partial charge is 0.254 e. The van der Waals surface area contributed by atoms with Gasteiger partial charge >= 0.3 is 0 Å². The predicted molar refractivity (Wildman–Crippen MR) is 66.9 cm³/mol. The molecule has 18 heavy (non-hydrogen) atoms. The largest absolute Gasteiger partial charge is 0.334 e. The minimum atomic E-state index is -0.304. The van der Waals surface area contributed by atoms with Gasteiger partial charge in [0, 0.05) is 31.2 Å². The van der Waals surface area contributed by atoms with E-state index >= 15 is 0 Å². The fourth-order valence-corrected chi connectivity index (χ4v) is 2.99. The van der Waals surface area contributed by atoms with Crippen LogP contribution in [0, 0.1) is 18.7 Å². The highest BCUT2D eigenvalue weighted by Gasteiger charge is 2.40. The summed E-state index contributed by atoms with van der Waals surface area (Å²) in [4.78, 5) is 14.3. The summed E-state index contributed by atoms with van der Waals surface area (Å²) in [6.45, 7) is 4.36. The number of fused-ring (bicyclic) bond motifs is 1. The van der Waals surface area contributed by atoms with Crippen LogP contribution in [0.3, 0.4) is 0 Å². The Labute approximate surface area is 106 Å². The molecule has 1 amide bonds. The van der Waals surface area contributed by atoms with Gasteiger partial charge in [-0.15, -0.1) is 0 Å². The van der Waals surface area contributed by atoms with E-state index in [1.807, 2.05) is 4.90 Å². The van der Waals surface area contributed by atoms with Crippen LogP contribution in [0.1, 0.15) is 22.3 Å². The van der Waals surface area contributed by atoms with Crippen molar-refractivity contribution in [1.29, 1.82) is 0 Å². The molecule has 3 rings (SSSR count). The highest BCUT2D eigenvalue weighted by molar-refractivity contribution is 5.94. The number of carbonyl (C=O) groups excluding carboxylic acids is 1. The van der Waals surface area contributed by atoms with Gasteiger partial charge in [0.1, 0.15) is 5.82 Å². The monoisotopic (exact) mass is 248 g/mol. The number of nitrogens with one attached hydrogen (secondary N) is 1. The molecule has 2 aliphatic heterocycles. The van der Waals surface area contributed by atoms with Crippen LogP contribution < -0.4 is 5.32 Å². The lowest BCUT2D eigenvalue weighted by Gasteiger charge is -2.23. The van der Waals surface area contributed by atoms with Crippen LogP contribution in [-0.2, 0) is 0 Å². The fourth-order valence-electron chi connectivity index (χ4n) is 2.99. The Balaban J connectivity index is 1.84. The molecule has 1 N–H and O–H groups in total. The van der Waals surface area contributed by atoms with Crippen molar-refractivity contribution in [3.63, 3.8) is 0 Å². The van der Waals surface area contributed by atoms with Crippen molar-refractivity contribution in [2.24, 2.45) is 5.92 Å². The second-order valence-electron chi connectivity index (χ2n) is 5.24. The Morgan fingerprint density at radius 1 is 1.44 bits per heavy atom. The summed E-state index contributed by atoms with van der Waals surface area (Å²) in [5, 5.41) is 3.31. The van der Waals surface area contributed by atoms with Crippen LogP contribution in [0.15, 0.2) is 18.2 Å². The molecule has 96 valence electrons. The molecule has 2 atom stereocenters. The van der Waals surface area contributed by atoms with E-state index < -0.39 is 0 Å². The van der Waals surface area contributed by atoms with Crippen molar-refractivity contribution >= 4 is 5.91 Å². The summed E-state index contributed by atoms with van der Waals surface area (Å²) in [6.07, 6.45) is 1.05. The summed E-state index contributed by atoms with van der Waals surface area (Å²) in [5.41, 5.74) is 1.04. The van der Waals surface area contributed by atoms with Gasteiger partial charge < -0.3 is 10.2 Å². The number of hydrogen-bond donors (Lipinski definition) is 1. The number of nitrogens with zero attached hydrogens (tertiary/aromatic N) is 1. The van der Waals surface area contributed by atoms with E-state index in [1.54, 1.807) is 19.1 Å². The number of aryl methyl sites for hydroxylation is 1. The van der Waals surface area contributed by atoms with Crippen LogP contribution >= 0.6 is 0 Å². The SMILES string of the molecule is Cc1ccc(C(=O)N2CC[C@@H]3CNC[C@@H]32)cc1F.